The zero-order valence-electron chi connectivity index (χ0n) is 16.4. The minimum absolute atomic E-state index is 0.0401. The van der Waals surface area contributed by atoms with Crippen molar-refractivity contribution in [2.75, 3.05) is 11.9 Å². The third-order valence-corrected chi connectivity index (χ3v) is 6.41. The summed E-state index contributed by atoms with van der Waals surface area (Å²) in [5.74, 6) is -0.932. The number of carbonyl (C=O) groups excluding carboxylic acids is 2. The number of ether oxygens (including phenoxy) is 1. The number of nitriles is 1. The van der Waals surface area contributed by atoms with Crippen LogP contribution in [-0.4, -0.2) is 23.5 Å². The Kier molecular flexibility index (Phi) is 6.05. The highest BCUT2D eigenvalue weighted by atomic mass is 32.1. The second-order valence-corrected chi connectivity index (χ2v) is 8.36. The van der Waals surface area contributed by atoms with Crippen LogP contribution in [0.1, 0.15) is 40.8 Å². The first-order valence-electron chi connectivity index (χ1n) is 9.98. The SMILES string of the molecule is N#Cc1c(NC(=O)COC(=O)Cc2cccc3cccnc23)sc2c1CCCCC2. The molecule has 1 aliphatic rings. The third-order valence-electron chi connectivity index (χ3n) is 5.20. The molecule has 4 rings (SSSR count). The number of anilines is 1. The Bertz CT molecular complexity index is 1140. The van der Waals surface area contributed by atoms with E-state index in [0.717, 1.165) is 54.1 Å². The topological polar surface area (TPSA) is 92.1 Å². The highest BCUT2D eigenvalue weighted by Crippen LogP contribution is 2.36. The van der Waals surface area contributed by atoms with Gasteiger partial charge in [0.25, 0.3) is 5.91 Å². The lowest BCUT2D eigenvalue weighted by molar-refractivity contribution is -0.146. The summed E-state index contributed by atoms with van der Waals surface area (Å²) in [5, 5.41) is 13.8. The van der Waals surface area contributed by atoms with Crippen LogP contribution in [0.25, 0.3) is 10.9 Å². The van der Waals surface area contributed by atoms with Crippen LogP contribution in [0.3, 0.4) is 0 Å². The number of pyridine rings is 1. The van der Waals surface area contributed by atoms with E-state index in [4.69, 9.17) is 4.74 Å². The number of carbonyl (C=O) groups is 2. The summed E-state index contributed by atoms with van der Waals surface area (Å²) in [7, 11) is 0. The zero-order valence-corrected chi connectivity index (χ0v) is 17.3. The molecule has 0 radical (unpaired) electrons. The van der Waals surface area contributed by atoms with Crippen molar-refractivity contribution < 1.29 is 14.3 Å². The number of nitrogens with one attached hydrogen (secondary N) is 1. The molecule has 0 bridgehead atoms. The van der Waals surface area contributed by atoms with Crippen molar-refractivity contribution in [3.8, 4) is 6.07 Å². The summed E-state index contributed by atoms with van der Waals surface area (Å²) in [6.07, 6.45) is 6.87. The second-order valence-electron chi connectivity index (χ2n) is 7.26. The lowest BCUT2D eigenvalue weighted by Crippen LogP contribution is -2.21. The van der Waals surface area contributed by atoms with Gasteiger partial charge in [-0.15, -0.1) is 11.3 Å². The molecule has 1 amide bonds. The molecule has 0 aliphatic heterocycles. The number of fused-ring (bicyclic) bond motifs is 2. The molecular formula is C23H21N3O3S. The highest BCUT2D eigenvalue weighted by molar-refractivity contribution is 7.16. The number of aromatic nitrogens is 1. The normalized spacial score (nSPS) is 13.2. The van der Waals surface area contributed by atoms with Crippen molar-refractivity contribution in [1.29, 1.82) is 5.26 Å². The molecule has 1 N–H and O–H groups in total. The van der Waals surface area contributed by atoms with E-state index in [1.807, 2.05) is 30.3 Å². The molecule has 0 saturated carbocycles. The van der Waals surface area contributed by atoms with Crippen molar-refractivity contribution in [1.82, 2.24) is 4.98 Å². The maximum absolute atomic E-state index is 12.3. The van der Waals surface area contributed by atoms with Crippen molar-refractivity contribution in [3.63, 3.8) is 0 Å². The molecule has 1 aliphatic carbocycles. The van der Waals surface area contributed by atoms with Gasteiger partial charge in [-0.25, -0.2) is 0 Å². The van der Waals surface area contributed by atoms with Crippen molar-refractivity contribution >= 4 is 39.1 Å². The van der Waals surface area contributed by atoms with Gasteiger partial charge < -0.3 is 10.1 Å². The molecule has 0 unspecified atom stereocenters. The summed E-state index contributed by atoms with van der Waals surface area (Å²) in [6.45, 7) is -0.384. The van der Waals surface area contributed by atoms with Crippen LogP contribution in [0.2, 0.25) is 0 Å². The molecular weight excluding hydrogens is 398 g/mol. The average molecular weight is 420 g/mol. The smallest absolute Gasteiger partial charge is 0.310 e. The molecule has 0 atom stereocenters. The van der Waals surface area contributed by atoms with Crippen molar-refractivity contribution in [3.05, 3.63) is 58.1 Å². The first-order valence-corrected chi connectivity index (χ1v) is 10.8. The Morgan fingerprint density at radius 3 is 2.87 bits per heavy atom. The van der Waals surface area contributed by atoms with Crippen LogP contribution < -0.4 is 5.32 Å². The quantitative estimate of drug-likeness (QED) is 0.495. The standard InChI is InChI=1S/C23H21N3O3S/c24-13-18-17-9-2-1-3-10-19(17)30-23(18)26-20(27)14-29-21(28)12-16-7-4-6-15-8-5-11-25-22(15)16/h4-8,11H,1-3,9-10,12,14H2,(H,26,27). The minimum atomic E-state index is -0.495. The van der Waals surface area contributed by atoms with E-state index in [1.54, 1.807) is 6.20 Å². The van der Waals surface area contributed by atoms with Gasteiger partial charge in [0.15, 0.2) is 6.61 Å². The lowest BCUT2D eigenvalue weighted by Gasteiger charge is -2.07. The molecule has 30 heavy (non-hydrogen) atoms. The van der Waals surface area contributed by atoms with Crippen LogP contribution in [0, 0.1) is 11.3 Å². The summed E-state index contributed by atoms with van der Waals surface area (Å²) in [5.41, 5.74) is 3.13. The summed E-state index contributed by atoms with van der Waals surface area (Å²) in [6, 6.07) is 11.6. The van der Waals surface area contributed by atoms with Crippen LogP contribution in [0.4, 0.5) is 5.00 Å². The Morgan fingerprint density at radius 2 is 2.00 bits per heavy atom. The Labute approximate surface area is 178 Å². The number of hydrogen-bond donors (Lipinski definition) is 1. The van der Waals surface area contributed by atoms with E-state index >= 15 is 0 Å². The van der Waals surface area contributed by atoms with Crippen molar-refractivity contribution in [2.24, 2.45) is 0 Å². The Balaban J connectivity index is 1.37. The molecule has 1 aromatic carbocycles. The summed E-state index contributed by atoms with van der Waals surface area (Å²) < 4.78 is 5.17. The second kappa shape index (κ2) is 9.06. The van der Waals surface area contributed by atoms with Gasteiger partial charge in [0.1, 0.15) is 11.1 Å². The number of amides is 1. The lowest BCUT2D eigenvalue weighted by atomic mass is 10.1. The number of esters is 1. The predicted octanol–water partition coefficient (Wildman–Crippen LogP) is 4.16. The van der Waals surface area contributed by atoms with Gasteiger partial charge in [-0.05, 0) is 42.9 Å². The molecule has 2 aromatic heterocycles. The third kappa shape index (κ3) is 4.34. The van der Waals surface area contributed by atoms with Gasteiger partial charge >= 0.3 is 5.97 Å². The Hall–Kier alpha value is -3.24. The number of benzene rings is 1. The average Bonchev–Trinajstić information content (AvgIpc) is 2.91. The molecule has 6 nitrogen and oxygen atoms in total. The van der Waals surface area contributed by atoms with Gasteiger partial charge in [0.05, 0.1) is 17.5 Å². The summed E-state index contributed by atoms with van der Waals surface area (Å²) in [4.78, 5) is 30.1. The van der Waals surface area contributed by atoms with E-state index in [2.05, 4.69) is 16.4 Å². The van der Waals surface area contributed by atoms with Crippen LogP contribution in [0.5, 0.6) is 0 Å². The number of nitrogens with zero attached hydrogens (tertiary/aromatic N) is 2. The van der Waals surface area contributed by atoms with Crippen LogP contribution in [-0.2, 0) is 33.6 Å². The minimum Gasteiger partial charge on any atom is -0.455 e. The number of rotatable bonds is 5. The molecule has 152 valence electrons. The molecule has 3 aromatic rings. The van der Waals surface area contributed by atoms with E-state index < -0.39 is 11.9 Å². The summed E-state index contributed by atoms with van der Waals surface area (Å²) >= 11 is 1.46. The van der Waals surface area contributed by atoms with Gasteiger partial charge in [-0.2, -0.15) is 5.26 Å². The monoisotopic (exact) mass is 419 g/mol. The molecule has 0 fully saturated rings. The largest absolute Gasteiger partial charge is 0.455 e. The van der Waals surface area contributed by atoms with Gasteiger partial charge in [-0.1, -0.05) is 30.7 Å². The fourth-order valence-corrected chi connectivity index (χ4v) is 5.03. The predicted molar refractivity (Wildman–Crippen MR) is 115 cm³/mol. The van der Waals surface area contributed by atoms with E-state index in [0.29, 0.717) is 10.6 Å². The number of hydrogen-bond acceptors (Lipinski definition) is 6. The molecule has 2 heterocycles. The van der Waals surface area contributed by atoms with Gasteiger partial charge in [-0.3, -0.25) is 14.6 Å². The maximum atomic E-state index is 12.3. The Morgan fingerprint density at radius 1 is 1.17 bits per heavy atom. The van der Waals surface area contributed by atoms with E-state index in [-0.39, 0.29) is 13.0 Å². The number of aryl methyl sites for hydroxylation is 1. The van der Waals surface area contributed by atoms with E-state index in [1.165, 1.54) is 16.2 Å². The van der Waals surface area contributed by atoms with Crippen molar-refractivity contribution in [2.45, 2.75) is 38.5 Å². The molecule has 0 spiro atoms. The van der Waals surface area contributed by atoms with Gasteiger partial charge in [0.2, 0.25) is 0 Å². The molecule has 0 saturated heterocycles. The fourth-order valence-electron chi connectivity index (χ4n) is 3.77. The number of para-hydroxylation sites is 1. The first-order chi connectivity index (χ1) is 14.7. The number of thiophene rings is 1. The molecule has 7 heteroatoms. The maximum Gasteiger partial charge on any atom is 0.310 e. The van der Waals surface area contributed by atoms with Crippen LogP contribution in [0.15, 0.2) is 36.5 Å². The first kappa shape index (κ1) is 20.0. The zero-order chi connectivity index (χ0) is 20.9. The van der Waals surface area contributed by atoms with E-state index in [9.17, 15) is 14.9 Å². The fraction of sp³-hybridized carbons (Fsp3) is 0.304. The van der Waals surface area contributed by atoms with Crippen LogP contribution >= 0.6 is 11.3 Å². The van der Waals surface area contributed by atoms with Gasteiger partial charge in [0, 0.05) is 16.5 Å². The highest BCUT2D eigenvalue weighted by Gasteiger charge is 2.21.